The highest BCUT2D eigenvalue weighted by atomic mass is 28.4. The van der Waals surface area contributed by atoms with Crippen molar-refractivity contribution in [2.75, 3.05) is 0 Å². The molecule has 6 heteroatoms. The molecule has 0 fully saturated rings. The minimum absolute atomic E-state index is 0.628. The van der Waals surface area contributed by atoms with E-state index in [2.05, 4.69) is 0 Å². The fraction of sp³-hybridized carbons (Fsp3) is 0.909. The second-order valence-electron chi connectivity index (χ2n) is 6.30. The number of carboxylic acid groups (broad SMARTS) is 1. The summed E-state index contributed by atoms with van der Waals surface area (Å²) in [5, 5.41) is 8.99. The van der Waals surface area contributed by atoms with Crippen LogP contribution in [0.5, 0.6) is 0 Å². The third kappa shape index (κ3) is 7.69. The largest absolute Gasteiger partial charge is 0.481 e. The molecule has 101 valence electrons. The summed E-state index contributed by atoms with van der Waals surface area (Å²) in [5.74, 6) is -0.767. The average Bonchev–Trinajstić information content (AvgIpc) is 1.97. The number of carboxylic acids is 1. The van der Waals surface area contributed by atoms with Crippen molar-refractivity contribution in [2.24, 2.45) is 5.41 Å². The molecule has 1 radical (unpaired) electrons. The molecule has 4 nitrogen and oxygen atoms in total. The zero-order chi connectivity index (χ0) is 13.9. The van der Waals surface area contributed by atoms with Crippen molar-refractivity contribution in [3.63, 3.8) is 0 Å². The lowest BCUT2D eigenvalue weighted by atomic mass is 9.88. The Morgan fingerprint density at radius 2 is 1.71 bits per heavy atom. The van der Waals surface area contributed by atoms with Gasteiger partial charge in [-0.05, 0) is 52.5 Å². The summed E-state index contributed by atoms with van der Waals surface area (Å²) in [4.78, 5) is 22.6. The van der Waals surface area contributed by atoms with Gasteiger partial charge >= 0.3 is 14.5 Å². The molecule has 0 aliphatic rings. The fourth-order valence-electron chi connectivity index (χ4n) is 1.78. The monoisotopic (exact) mass is 277 g/mol. The lowest BCUT2D eigenvalue weighted by Gasteiger charge is -2.29. The highest BCUT2D eigenvalue weighted by Gasteiger charge is 2.34. The molecule has 0 amide bonds. The first-order valence-electron chi connectivity index (χ1n) is 6.00. The summed E-state index contributed by atoms with van der Waals surface area (Å²) in [6, 6.07) is 0.850. The quantitative estimate of drug-likeness (QED) is 0.726. The van der Waals surface area contributed by atoms with Crippen molar-refractivity contribution in [2.45, 2.75) is 58.9 Å². The van der Waals surface area contributed by atoms with Gasteiger partial charge in [-0.3, -0.25) is 9.59 Å². The van der Waals surface area contributed by atoms with Crippen LogP contribution in [-0.2, 0) is 13.7 Å². The van der Waals surface area contributed by atoms with Gasteiger partial charge in [0.2, 0.25) is 0 Å². The van der Waals surface area contributed by atoms with Crippen molar-refractivity contribution >= 4 is 22.8 Å². The van der Waals surface area contributed by atoms with Crippen LogP contribution in [-0.4, -0.2) is 28.0 Å². The van der Waals surface area contributed by atoms with E-state index in [0.717, 1.165) is 12.5 Å². The zero-order valence-corrected chi connectivity index (χ0v) is 13.8. The summed E-state index contributed by atoms with van der Waals surface area (Å²) in [6.07, 6.45) is 1.44. The maximum absolute atomic E-state index is 11.6. The standard InChI is InChI=1S/C11H25O4Si2/c1-11(2,10(12)13)8-7-9-16(3,4)15-17(5,6)14/h7-9H2,1-6H3,(H,12,13). The Morgan fingerprint density at radius 3 is 2.06 bits per heavy atom. The Hall–Kier alpha value is -0.176. The normalized spacial score (nSPS) is 13.8. The zero-order valence-electron chi connectivity index (χ0n) is 11.8. The number of carbonyl (C=O) groups is 1. The van der Waals surface area contributed by atoms with E-state index in [0.29, 0.717) is 6.42 Å². The number of hydrogen-bond acceptors (Lipinski definition) is 2. The maximum atomic E-state index is 11.6. The first-order chi connectivity index (χ1) is 7.36. The Balaban J connectivity index is 4.16. The third-order valence-electron chi connectivity index (χ3n) is 2.68. The predicted molar refractivity (Wildman–Crippen MR) is 72.2 cm³/mol. The van der Waals surface area contributed by atoms with E-state index < -0.39 is 28.3 Å². The number of hydrogen-bond donors (Lipinski definition) is 1. The maximum Gasteiger partial charge on any atom is 0.357 e. The van der Waals surface area contributed by atoms with Crippen LogP contribution in [0.15, 0.2) is 0 Å². The molecule has 0 atom stereocenters. The number of aliphatic carboxylic acids is 1. The van der Waals surface area contributed by atoms with Gasteiger partial charge in [-0.2, -0.15) is 0 Å². The van der Waals surface area contributed by atoms with Crippen LogP contribution in [0.4, 0.5) is 0 Å². The molecule has 0 aliphatic heterocycles. The van der Waals surface area contributed by atoms with Crippen molar-refractivity contribution in [1.29, 1.82) is 0 Å². The molecule has 0 saturated carbocycles. The van der Waals surface area contributed by atoms with E-state index >= 15 is 0 Å². The van der Waals surface area contributed by atoms with Gasteiger partial charge in [-0.15, -0.1) is 0 Å². The second-order valence-corrected chi connectivity index (χ2v) is 13.9. The highest BCUT2D eigenvalue weighted by Crippen LogP contribution is 2.27. The molecule has 0 rings (SSSR count). The SMILES string of the molecule is CC(C)(CCC[Si](C)(C)O[Si](C)(C)[O])C(=O)O. The first-order valence-corrected chi connectivity index (χ1v) is 11.9. The molecule has 0 spiro atoms. The van der Waals surface area contributed by atoms with Crippen molar-refractivity contribution in [3.8, 4) is 0 Å². The van der Waals surface area contributed by atoms with E-state index in [9.17, 15) is 9.59 Å². The van der Waals surface area contributed by atoms with Gasteiger partial charge in [0.1, 0.15) is 0 Å². The first kappa shape index (κ1) is 16.8. The van der Waals surface area contributed by atoms with Gasteiger partial charge in [-0.25, -0.2) is 0 Å². The van der Waals surface area contributed by atoms with E-state index in [4.69, 9.17) is 9.22 Å². The topological polar surface area (TPSA) is 66.4 Å². The van der Waals surface area contributed by atoms with Crippen LogP contribution >= 0.6 is 0 Å². The summed E-state index contributed by atoms with van der Waals surface area (Å²) in [6.45, 7) is 10.8. The van der Waals surface area contributed by atoms with E-state index in [-0.39, 0.29) is 0 Å². The minimum Gasteiger partial charge on any atom is -0.481 e. The summed E-state index contributed by atoms with van der Waals surface area (Å²) >= 11 is 0. The highest BCUT2D eigenvalue weighted by molar-refractivity contribution is 6.81. The average molecular weight is 277 g/mol. The van der Waals surface area contributed by atoms with E-state index in [1.807, 2.05) is 13.1 Å². The van der Waals surface area contributed by atoms with Crippen LogP contribution in [0.3, 0.4) is 0 Å². The molecule has 0 heterocycles. The van der Waals surface area contributed by atoms with Crippen LogP contribution in [0.2, 0.25) is 32.2 Å². The van der Waals surface area contributed by atoms with Crippen LogP contribution in [0.1, 0.15) is 26.7 Å². The van der Waals surface area contributed by atoms with Crippen LogP contribution in [0.25, 0.3) is 0 Å². The Bertz CT molecular complexity index is 269. The summed E-state index contributed by atoms with van der Waals surface area (Å²) in [7, 11) is -4.63. The molecule has 0 unspecified atom stereocenters. The van der Waals surface area contributed by atoms with Gasteiger partial charge in [-0.1, -0.05) is 6.42 Å². The number of rotatable bonds is 7. The van der Waals surface area contributed by atoms with Crippen molar-refractivity contribution in [3.05, 3.63) is 0 Å². The predicted octanol–water partition coefficient (Wildman–Crippen LogP) is 3.23. The Kier molecular flexibility index (Phi) is 5.58. The summed E-state index contributed by atoms with van der Waals surface area (Å²) < 4.78 is 5.68. The van der Waals surface area contributed by atoms with Gasteiger partial charge in [0.25, 0.3) is 0 Å². The Morgan fingerprint density at radius 1 is 1.24 bits per heavy atom. The molecule has 0 aromatic rings. The molecule has 0 aromatic heterocycles. The van der Waals surface area contributed by atoms with Crippen molar-refractivity contribution in [1.82, 2.24) is 0 Å². The van der Waals surface area contributed by atoms with Crippen LogP contribution in [0, 0.1) is 5.41 Å². The van der Waals surface area contributed by atoms with Crippen LogP contribution < -0.4 is 0 Å². The van der Waals surface area contributed by atoms with E-state index in [1.165, 1.54) is 0 Å². The molecule has 0 bridgehead atoms. The van der Waals surface area contributed by atoms with E-state index in [1.54, 1.807) is 26.9 Å². The van der Waals surface area contributed by atoms with Crippen molar-refractivity contribution < 1.29 is 18.8 Å². The molecule has 0 saturated heterocycles. The molecular weight excluding hydrogens is 252 g/mol. The molecular formula is C11H25O4Si2. The second kappa shape index (κ2) is 5.64. The fourth-order valence-corrected chi connectivity index (χ4v) is 8.54. The van der Waals surface area contributed by atoms with Gasteiger partial charge in [0.15, 0.2) is 8.32 Å². The smallest absolute Gasteiger partial charge is 0.357 e. The third-order valence-corrected chi connectivity index (χ3v) is 8.42. The molecule has 1 N–H and O–H groups in total. The molecule has 17 heavy (non-hydrogen) atoms. The molecule has 0 aliphatic carbocycles. The minimum atomic E-state index is -2.71. The van der Waals surface area contributed by atoms with Gasteiger partial charge in [0, 0.05) is 0 Å². The molecule has 0 aromatic carbocycles. The van der Waals surface area contributed by atoms with Gasteiger partial charge in [0.05, 0.1) is 5.41 Å². The lowest BCUT2D eigenvalue weighted by molar-refractivity contribution is -0.147. The lowest BCUT2D eigenvalue weighted by Crippen LogP contribution is -2.43. The Labute approximate surface area is 106 Å². The van der Waals surface area contributed by atoms with Gasteiger partial charge < -0.3 is 9.22 Å². The summed E-state index contributed by atoms with van der Waals surface area (Å²) in [5.41, 5.74) is -0.686.